The van der Waals surface area contributed by atoms with Gasteiger partial charge in [-0.3, -0.25) is 5.41 Å². The van der Waals surface area contributed by atoms with Crippen LogP contribution in [-0.4, -0.2) is 17.8 Å². The van der Waals surface area contributed by atoms with Crippen LogP contribution in [0, 0.1) is 12.3 Å². The lowest BCUT2D eigenvalue weighted by atomic mass is 10.1. The number of benzene rings is 1. The maximum Gasteiger partial charge on any atom is 0.0955 e. The first-order valence-electron chi connectivity index (χ1n) is 4.97. The van der Waals surface area contributed by atoms with Crippen molar-refractivity contribution >= 4 is 5.84 Å². The molecule has 0 radical (unpaired) electrons. The van der Waals surface area contributed by atoms with Gasteiger partial charge >= 0.3 is 0 Å². The lowest BCUT2D eigenvalue weighted by Crippen LogP contribution is -2.24. The molecule has 2 nitrogen and oxygen atoms in total. The Hall–Kier alpha value is -1.31. The smallest absolute Gasteiger partial charge is 0.0955 e. The summed E-state index contributed by atoms with van der Waals surface area (Å²) in [5.74, 6) is 0.686. The molecule has 0 fully saturated rings. The van der Waals surface area contributed by atoms with E-state index in [1.165, 1.54) is 11.1 Å². The van der Waals surface area contributed by atoms with E-state index >= 15 is 0 Å². The summed E-state index contributed by atoms with van der Waals surface area (Å²) in [6.45, 7) is 4.92. The molecule has 1 aromatic carbocycles. The highest BCUT2D eigenvalue weighted by Gasteiger charge is 2.02. The summed E-state index contributed by atoms with van der Waals surface area (Å²) >= 11 is 0. The van der Waals surface area contributed by atoms with E-state index in [9.17, 15) is 0 Å². The minimum atomic E-state index is 0.686. The van der Waals surface area contributed by atoms with Crippen LogP contribution in [0.2, 0.25) is 0 Å². The number of rotatable bonds is 3. The predicted molar refractivity (Wildman–Crippen MR) is 60.7 cm³/mol. The maximum absolute atomic E-state index is 7.66. The average molecular weight is 190 g/mol. The van der Waals surface area contributed by atoms with Gasteiger partial charge in [0.05, 0.1) is 5.84 Å². The summed E-state index contributed by atoms with van der Waals surface area (Å²) in [6.07, 6.45) is 0.794. The number of hydrogen-bond acceptors (Lipinski definition) is 1. The maximum atomic E-state index is 7.66. The van der Waals surface area contributed by atoms with Crippen molar-refractivity contribution in [2.75, 3.05) is 7.05 Å². The van der Waals surface area contributed by atoms with Crippen LogP contribution in [0.1, 0.15) is 24.5 Å². The Kier molecular flexibility index (Phi) is 3.69. The minimum Gasteiger partial charge on any atom is -0.359 e. The Labute approximate surface area is 86.1 Å². The van der Waals surface area contributed by atoms with E-state index < -0.39 is 0 Å². The van der Waals surface area contributed by atoms with Crippen molar-refractivity contribution in [1.82, 2.24) is 4.90 Å². The number of nitrogens with zero attached hydrogens (tertiary/aromatic N) is 1. The first kappa shape index (κ1) is 10.8. The van der Waals surface area contributed by atoms with Crippen LogP contribution in [0.25, 0.3) is 0 Å². The molecule has 0 saturated carbocycles. The molecule has 1 rings (SSSR count). The predicted octanol–water partition coefficient (Wildman–Crippen LogP) is 2.81. The van der Waals surface area contributed by atoms with Crippen LogP contribution in [0.3, 0.4) is 0 Å². The second-order valence-electron chi connectivity index (χ2n) is 3.64. The van der Waals surface area contributed by atoms with Crippen molar-refractivity contribution in [2.24, 2.45) is 0 Å². The molecule has 0 unspecified atom stereocenters. The zero-order chi connectivity index (χ0) is 10.6. The highest BCUT2D eigenvalue weighted by atomic mass is 15.1. The Morgan fingerprint density at radius 3 is 2.36 bits per heavy atom. The van der Waals surface area contributed by atoms with Gasteiger partial charge in [-0.1, -0.05) is 36.8 Å². The second kappa shape index (κ2) is 4.80. The molecule has 0 heterocycles. The van der Waals surface area contributed by atoms with E-state index in [-0.39, 0.29) is 0 Å². The molecule has 0 spiro atoms. The molecule has 76 valence electrons. The molecule has 14 heavy (non-hydrogen) atoms. The average Bonchev–Trinajstić information content (AvgIpc) is 2.20. The van der Waals surface area contributed by atoms with Crippen molar-refractivity contribution < 1.29 is 0 Å². The second-order valence-corrected chi connectivity index (χ2v) is 3.64. The van der Waals surface area contributed by atoms with Gasteiger partial charge in [0, 0.05) is 20.0 Å². The number of aryl methyl sites for hydroxylation is 1. The lowest BCUT2D eigenvalue weighted by molar-refractivity contribution is 0.487. The van der Waals surface area contributed by atoms with Gasteiger partial charge in [0.1, 0.15) is 0 Å². The van der Waals surface area contributed by atoms with E-state index in [1.54, 1.807) is 0 Å². The van der Waals surface area contributed by atoms with Crippen molar-refractivity contribution in [2.45, 2.75) is 26.8 Å². The molecule has 0 aliphatic rings. The third-order valence-electron chi connectivity index (χ3n) is 2.34. The highest BCUT2D eigenvalue weighted by Crippen LogP contribution is 2.06. The number of hydrogen-bond donors (Lipinski definition) is 1. The van der Waals surface area contributed by atoms with Crippen LogP contribution < -0.4 is 0 Å². The van der Waals surface area contributed by atoms with Crippen molar-refractivity contribution in [3.05, 3.63) is 35.4 Å². The molecular formula is C12H18N2. The van der Waals surface area contributed by atoms with Crippen LogP contribution in [-0.2, 0) is 6.54 Å². The van der Waals surface area contributed by atoms with Gasteiger partial charge in [0.15, 0.2) is 0 Å². The van der Waals surface area contributed by atoms with Gasteiger partial charge in [-0.05, 0) is 12.5 Å². The van der Waals surface area contributed by atoms with E-state index in [0.29, 0.717) is 5.84 Å². The van der Waals surface area contributed by atoms with Gasteiger partial charge in [-0.25, -0.2) is 0 Å². The summed E-state index contributed by atoms with van der Waals surface area (Å²) in [6, 6.07) is 8.46. The fourth-order valence-electron chi connectivity index (χ4n) is 1.33. The monoisotopic (exact) mass is 190 g/mol. The third-order valence-corrected chi connectivity index (χ3v) is 2.34. The summed E-state index contributed by atoms with van der Waals surface area (Å²) < 4.78 is 0. The normalized spacial score (nSPS) is 9.93. The minimum absolute atomic E-state index is 0.686. The summed E-state index contributed by atoms with van der Waals surface area (Å²) in [5, 5.41) is 7.66. The first-order valence-corrected chi connectivity index (χ1v) is 4.97. The van der Waals surface area contributed by atoms with Crippen LogP contribution in [0.4, 0.5) is 0 Å². The van der Waals surface area contributed by atoms with Crippen LogP contribution in [0.15, 0.2) is 24.3 Å². The third kappa shape index (κ3) is 2.87. The first-order chi connectivity index (χ1) is 6.63. The standard InChI is InChI=1S/C12H18N2/c1-4-12(13)14(3)9-11-7-5-10(2)6-8-11/h5-8,13H,4,9H2,1-3H3. The molecule has 0 aromatic heterocycles. The molecule has 0 atom stereocenters. The van der Waals surface area contributed by atoms with Gasteiger partial charge in [0.25, 0.3) is 0 Å². The SMILES string of the molecule is CCC(=N)N(C)Cc1ccc(C)cc1. The molecule has 1 N–H and O–H groups in total. The molecule has 0 saturated heterocycles. The molecule has 0 bridgehead atoms. The topological polar surface area (TPSA) is 27.1 Å². The molecule has 0 aliphatic carbocycles. The van der Waals surface area contributed by atoms with Gasteiger partial charge in [-0.15, -0.1) is 0 Å². The Bertz CT molecular complexity index is 301. The largest absolute Gasteiger partial charge is 0.359 e. The zero-order valence-electron chi connectivity index (χ0n) is 9.17. The van der Waals surface area contributed by atoms with Crippen molar-refractivity contribution in [3.8, 4) is 0 Å². The Balaban J connectivity index is 2.60. The number of amidine groups is 1. The van der Waals surface area contributed by atoms with E-state index in [1.807, 2.05) is 18.9 Å². The number of nitrogens with one attached hydrogen (secondary N) is 1. The molecule has 1 aromatic rings. The molecule has 0 aliphatic heterocycles. The molecular weight excluding hydrogens is 172 g/mol. The van der Waals surface area contributed by atoms with Crippen LogP contribution >= 0.6 is 0 Å². The molecule has 0 amide bonds. The fourth-order valence-corrected chi connectivity index (χ4v) is 1.33. The Morgan fingerprint density at radius 2 is 1.86 bits per heavy atom. The van der Waals surface area contributed by atoms with Crippen LogP contribution in [0.5, 0.6) is 0 Å². The summed E-state index contributed by atoms with van der Waals surface area (Å²) in [7, 11) is 1.96. The van der Waals surface area contributed by atoms with E-state index in [4.69, 9.17) is 5.41 Å². The highest BCUT2D eigenvalue weighted by molar-refractivity contribution is 5.78. The fraction of sp³-hybridized carbons (Fsp3) is 0.417. The Morgan fingerprint density at radius 1 is 1.29 bits per heavy atom. The quantitative estimate of drug-likeness (QED) is 0.576. The van der Waals surface area contributed by atoms with Gasteiger partial charge in [0.2, 0.25) is 0 Å². The summed E-state index contributed by atoms with van der Waals surface area (Å²) in [5.41, 5.74) is 2.54. The van der Waals surface area contributed by atoms with E-state index in [2.05, 4.69) is 31.2 Å². The van der Waals surface area contributed by atoms with Crippen molar-refractivity contribution in [3.63, 3.8) is 0 Å². The van der Waals surface area contributed by atoms with Gasteiger partial charge in [-0.2, -0.15) is 0 Å². The summed E-state index contributed by atoms with van der Waals surface area (Å²) in [4.78, 5) is 1.98. The lowest BCUT2D eigenvalue weighted by Gasteiger charge is -2.18. The van der Waals surface area contributed by atoms with Gasteiger partial charge < -0.3 is 4.90 Å². The van der Waals surface area contributed by atoms with E-state index in [0.717, 1.165) is 13.0 Å². The zero-order valence-corrected chi connectivity index (χ0v) is 9.17. The molecule has 2 heteroatoms. The van der Waals surface area contributed by atoms with Crippen molar-refractivity contribution in [1.29, 1.82) is 5.41 Å².